The molecular weight excluding hydrogens is 316 g/mol. The summed E-state index contributed by atoms with van der Waals surface area (Å²) >= 11 is 3.76. The molecule has 20 heavy (non-hydrogen) atoms. The minimum atomic E-state index is 0.269. The fourth-order valence-electron chi connectivity index (χ4n) is 2.12. The zero-order valence-corrected chi connectivity index (χ0v) is 13.6. The number of hydrogen-bond donors (Lipinski definition) is 0. The summed E-state index contributed by atoms with van der Waals surface area (Å²) in [7, 11) is 3.39. The summed E-state index contributed by atoms with van der Waals surface area (Å²) in [5.41, 5.74) is 3.65. The average Bonchev–Trinajstić information content (AvgIpc) is 2.48. The molecule has 2 aromatic carbocycles. The van der Waals surface area contributed by atoms with Crippen LogP contribution in [0.5, 0.6) is 11.5 Å². The van der Waals surface area contributed by atoms with Crippen molar-refractivity contribution in [3.05, 3.63) is 59.2 Å². The van der Waals surface area contributed by atoms with E-state index in [1.807, 2.05) is 12.1 Å². The number of alkyl halides is 1. The van der Waals surface area contributed by atoms with Gasteiger partial charge in [-0.25, -0.2) is 0 Å². The second-order valence-corrected chi connectivity index (χ2v) is 5.85. The zero-order valence-electron chi connectivity index (χ0n) is 12.0. The van der Waals surface area contributed by atoms with Crippen LogP contribution in [0.2, 0.25) is 0 Å². The second-order valence-electron chi connectivity index (χ2n) is 4.75. The van der Waals surface area contributed by atoms with Crippen LogP contribution in [0.4, 0.5) is 0 Å². The highest BCUT2D eigenvalue weighted by Crippen LogP contribution is 2.31. The number of rotatable bonds is 5. The van der Waals surface area contributed by atoms with Crippen LogP contribution >= 0.6 is 15.9 Å². The molecule has 0 saturated heterocycles. The van der Waals surface area contributed by atoms with E-state index < -0.39 is 0 Å². The average molecular weight is 335 g/mol. The molecule has 0 fully saturated rings. The Morgan fingerprint density at radius 3 is 2.30 bits per heavy atom. The monoisotopic (exact) mass is 334 g/mol. The molecule has 0 aromatic heterocycles. The Hall–Kier alpha value is -1.48. The molecule has 3 heteroatoms. The van der Waals surface area contributed by atoms with Crippen LogP contribution in [0.25, 0.3) is 0 Å². The van der Waals surface area contributed by atoms with Crippen molar-refractivity contribution in [3.63, 3.8) is 0 Å². The van der Waals surface area contributed by atoms with E-state index >= 15 is 0 Å². The largest absolute Gasteiger partial charge is 0.497 e. The molecule has 2 aromatic rings. The summed E-state index contributed by atoms with van der Waals surface area (Å²) in [4.78, 5) is 0.269. The maximum atomic E-state index is 5.38. The van der Waals surface area contributed by atoms with Crippen molar-refractivity contribution >= 4 is 15.9 Å². The van der Waals surface area contributed by atoms with E-state index in [4.69, 9.17) is 9.47 Å². The van der Waals surface area contributed by atoms with Gasteiger partial charge in [-0.2, -0.15) is 0 Å². The summed E-state index contributed by atoms with van der Waals surface area (Å²) in [5, 5.41) is 0. The van der Waals surface area contributed by atoms with Gasteiger partial charge >= 0.3 is 0 Å². The molecule has 0 N–H and O–H groups in total. The highest BCUT2D eigenvalue weighted by molar-refractivity contribution is 9.09. The number of methoxy groups -OCH3 is 2. The first-order chi connectivity index (χ1) is 9.63. The van der Waals surface area contributed by atoms with Gasteiger partial charge in [0.15, 0.2) is 0 Å². The maximum Gasteiger partial charge on any atom is 0.122 e. The van der Waals surface area contributed by atoms with E-state index in [2.05, 4.69) is 53.2 Å². The molecule has 0 heterocycles. The molecule has 2 rings (SSSR count). The van der Waals surface area contributed by atoms with Gasteiger partial charge in [-0.05, 0) is 48.2 Å². The molecule has 106 valence electrons. The first-order valence-corrected chi connectivity index (χ1v) is 7.47. The molecule has 0 aliphatic carbocycles. The van der Waals surface area contributed by atoms with Crippen LogP contribution in [0.1, 0.15) is 21.5 Å². The minimum absolute atomic E-state index is 0.269. The van der Waals surface area contributed by atoms with E-state index in [1.165, 1.54) is 11.1 Å². The van der Waals surface area contributed by atoms with E-state index in [9.17, 15) is 0 Å². The lowest BCUT2D eigenvalue weighted by Gasteiger charge is -2.13. The van der Waals surface area contributed by atoms with Gasteiger partial charge in [-0.15, -0.1) is 0 Å². The van der Waals surface area contributed by atoms with Gasteiger partial charge in [0, 0.05) is 4.83 Å². The predicted octanol–water partition coefficient (Wildman–Crippen LogP) is 4.69. The first-order valence-electron chi connectivity index (χ1n) is 6.55. The van der Waals surface area contributed by atoms with Crippen LogP contribution in [0.15, 0.2) is 42.5 Å². The molecular formula is C17H19BrO2. The summed E-state index contributed by atoms with van der Waals surface area (Å²) in [6.45, 7) is 2.05. The van der Waals surface area contributed by atoms with Gasteiger partial charge < -0.3 is 9.47 Å². The van der Waals surface area contributed by atoms with Gasteiger partial charge in [-0.3, -0.25) is 0 Å². The molecule has 1 unspecified atom stereocenters. The van der Waals surface area contributed by atoms with Gasteiger partial charge in [0.2, 0.25) is 0 Å². The summed E-state index contributed by atoms with van der Waals surface area (Å²) in [5.74, 6) is 1.82. The van der Waals surface area contributed by atoms with Crippen molar-refractivity contribution in [2.75, 3.05) is 14.2 Å². The molecule has 0 spiro atoms. The third kappa shape index (κ3) is 3.54. The normalized spacial score (nSPS) is 12.0. The molecule has 0 radical (unpaired) electrons. The van der Waals surface area contributed by atoms with Crippen LogP contribution in [0.3, 0.4) is 0 Å². The third-order valence-corrected chi connectivity index (χ3v) is 4.22. The number of hydrogen-bond acceptors (Lipinski definition) is 2. The lowest BCUT2D eigenvalue weighted by atomic mass is 10.0. The van der Waals surface area contributed by atoms with Crippen LogP contribution < -0.4 is 9.47 Å². The third-order valence-electron chi connectivity index (χ3n) is 3.37. The van der Waals surface area contributed by atoms with Crippen LogP contribution in [-0.4, -0.2) is 14.2 Å². The lowest BCUT2D eigenvalue weighted by Crippen LogP contribution is -1.97. The number of halogens is 1. The Labute approximate surface area is 128 Å². The topological polar surface area (TPSA) is 18.5 Å². The fourth-order valence-corrected chi connectivity index (χ4v) is 2.78. The Morgan fingerprint density at radius 1 is 1.00 bits per heavy atom. The highest BCUT2D eigenvalue weighted by Gasteiger charge is 2.11. The fraction of sp³-hybridized carbons (Fsp3) is 0.294. The molecule has 0 amide bonds. The summed E-state index contributed by atoms with van der Waals surface area (Å²) in [6.07, 6.45) is 0.927. The molecule has 0 saturated carbocycles. The second kappa shape index (κ2) is 6.80. The van der Waals surface area contributed by atoms with Crippen molar-refractivity contribution in [2.45, 2.75) is 18.2 Å². The smallest absolute Gasteiger partial charge is 0.122 e. The standard InChI is InChI=1S/C17H19BrO2/c1-12-4-7-14(11-17(12)20-3)16(18)10-13-5-8-15(19-2)9-6-13/h4-9,11,16H,10H2,1-3H3. The van der Waals surface area contributed by atoms with Gasteiger partial charge in [-0.1, -0.05) is 40.2 Å². The SMILES string of the molecule is COc1ccc(CC(Br)c2ccc(C)c(OC)c2)cc1. The molecule has 1 atom stereocenters. The van der Waals surface area contributed by atoms with E-state index in [-0.39, 0.29) is 4.83 Å². The lowest BCUT2D eigenvalue weighted by molar-refractivity contribution is 0.411. The maximum absolute atomic E-state index is 5.38. The van der Waals surface area contributed by atoms with E-state index in [0.717, 1.165) is 23.5 Å². The Kier molecular flexibility index (Phi) is 5.07. The minimum Gasteiger partial charge on any atom is -0.497 e. The number of ether oxygens (including phenoxy) is 2. The molecule has 0 aliphatic rings. The van der Waals surface area contributed by atoms with Crippen molar-refractivity contribution < 1.29 is 9.47 Å². The van der Waals surface area contributed by atoms with Crippen LogP contribution in [-0.2, 0) is 6.42 Å². The van der Waals surface area contributed by atoms with E-state index in [1.54, 1.807) is 14.2 Å². The predicted molar refractivity (Wildman–Crippen MR) is 86.1 cm³/mol. The number of benzene rings is 2. The van der Waals surface area contributed by atoms with Crippen LogP contribution in [0, 0.1) is 6.92 Å². The highest BCUT2D eigenvalue weighted by atomic mass is 79.9. The Morgan fingerprint density at radius 2 is 1.70 bits per heavy atom. The van der Waals surface area contributed by atoms with E-state index in [0.29, 0.717) is 0 Å². The van der Waals surface area contributed by atoms with Gasteiger partial charge in [0.05, 0.1) is 14.2 Å². The number of aryl methyl sites for hydroxylation is 1. The van der Waals surface area contributed by atoms with Gasteiger partial charge in [0.1, 0.15) is 11.5 Å². The van der Waals surface area contributed by atoms with Crippen molar-refractivity contribution in [2.24, 2.45) is 0 Å². The summed E-state index contributed by atoms with van der Waals surface area (Å²) < 4.78 is 10.6. The zero-order chi connectivity index (χ0) is 14.5. The quantitative estimate of drug-likeness (QED) is 0.738. The Bertz CT molecular complexity index is 564. The summed E-state index contributed by atoms with van der Waals surface area (Å²) in [6, 6.07) is 14.5. The Balaban J connectivity index is 2.12. The molecule has 0 aliphatic heterocycles. The molecule has 2 nitrogen and oxygen atoms in total. The van der Waals surface area contributed by atoms with Crippen molar-refractivity contribution in [3.8, 4) is 11.5 Å². The van der Waals surface area contributed by atoms with Gasteiger partial charge in [0.25, 0.3) is 0 Å². The molecule has 0 bridgehead atoms. The van der Waals surface area contributed by atoms with Crippen molar-refractivity contribution in [1.29, 1.82) is 0 Å². The first kappa shape index (κ1) is 14.9. The van der Waals surface area contributed by atoms with Crippen molar-refractivity contribution in [1.82, 2.24) is 0 Å².